The van der Waals surface area contributed by atoms with Gasteiger partial charge in [-0.2, -0.15) is 0 Å². The van der Waals surface area contributed by atoms with Gasteiger partial charge in [0, 0.05) is 42.9 Å². The number of hydrogen-bond donors (Lipinski definition) is 1. The van der Waals surface area contributed by atoms with Gasteiger partial charge in [0.15, 0.2) is 11.6 Å². The number of aromatic nitrogens is 2. The van der Waals surface area contributed by atoms with Crippen molar-refractivity contribution in [3.63, 3.8) is 0 Å². The maximum Gasteiger partial charge on any atom is 0.327 e. The fraction of sp³-hybridized carbons (Fsp3) is 0.292. The molecule has 1 aromatic carbocycles. The van der Waals surface area contributed by atoms with E-state index >= 15 is 0 Å². The first-order chi connectivity index (χ1) is 14.7. The Morgan fingerprint density at radius 1 is 1.16 bits per heavy atom. The molecule has 0 radical (unpaired) electrons. The number of anilines is 3. The Labute approximate surface area is 182 Å². The van der Waals surface area contributed by atoms with E-state index < -0.39 is 5.60 Å². The van der Waals surface area contributed by atoms with Gasteiger partial charge in [0.25, 0.3) is 0 Å². The highest BCUT2D eigenvalue weighted by molar-refractivity contribution is 6.02. The number of rotatable bonds is 3. The average Bonchev–Trinajstić information content (AvgIpc) is 2.72. The number of hydrogen-bond acceptors (Lipinski definition) is 5. The summed E-state index contributed by atoms with van der Waals surface area (Å²) >= 11 is 0. The Bertz CT molecular complexity index is 1130. The van der Waals surface area contributed by atoms with Crippen LogP contribution in [-0.4, -0.2) is 42.2 Å². The van der Waals surface area contributed by atoms with E-state index in [-0.39, 0.29) is 6.03 Å². The van der Waals surface area contributed by atoms with E-state index in [1.54, 1.807) is 17.2 Å². The third kappa shape index (κ3) is 4.45. The van der Waals surface area contributed by atoms with Crippen molar-refractivity contribution in [2.75, 3.05) is 35.8 Å². The summed E-state index contributed by atoms with van der Waals surface area (Å²) in [4.78, 5) is 25.9. The molecule has 1 aliphatic rings. The Balaban J connectivity index is 1.71. The monoisotopic (exact) mass is 417 g/mol. The quantitative estimate of drug-likeness (QED) is 0.667. The molecule has 0 saturated carbocycles. The van der Waals surface area contributed by atoms with Gasteiger partial charge in [-0.05, 0) is 57.2 Å². The first kappa shape index (κ1) is 20.7. The van der Waals surface area contributed by atoms with Crippen molar-refractivity contribution < 1.29 is 9.53 Å². The standard InChI is InChI=1S/C24H27N5O2/c1-16-13-18(11-12-25-16)26-23(30)29-15-24(2,3)31-21-10-9-20(27-22(21)29)17-7-6-8-19(14-17)28(4)5/h6-14H,15H2,1-5H3,(H,25,26,30). The molecule has 160 valence electrons. The first-order valence-corrected chi connectivity index (χ1v) is 10.2. The topological polar surface area (TPSA) is 70.6 Å². The number of ether oxygens (including phenoxy) is 1. The van der Waals surface area contributed by atoms with Crippen molar-refractivity contribution in [3.8, 4) is 17.0 Å². The summed E-state index contributed by atoms with van der Waals surface area (Å²) in [5.74, 6) is 1.10. The number of urea groups is 1. The van der Waals surface area contributed by atoms with E-state index in [1.165, 1.54) is 0 Å². The fourth-order valence-corrected chi connectivity index (χ4v) is 3.58. The van der Waals surface area contributed by atoms with Crippen molar-refractivity contribution in [1.82, 2.24) is 9.97 Å². The number of carbonyl (C=O) groups excluding carboxylic acids is 1. The molecule has 0 fully saturated rings. The minimum absolute atomic E-state index is 0.255. The highest BCUT2D eigenvalue weighted by Crippen LogP contribution is 2.38. The lowest BCUT2D eigenvalue weighted by molar-refractivity contribution is 0.106. The van der Waals surface area contributed by atoms with E-state index in [4.69, 9.17) is 9.72 Å². The van der Waals surface area contributed by atoms with Crippen LogP contribution in [-0.2, 0) is 0 Å². The van der Waals surface area contributed by atoms with Crippen molar-refractivity contribution in [1.29, 1.82) is 0 Å². The second-order valence-electron chi connectivity index (χ2n) is 8.53. The lowest BCUT2D eigenvalue weighted by Gasteiger charge is -2.38. The van der Waals surface area contributed by atoms with Gasteiger partial charge in [-0.25, -0.2) is 9.78 Å². The maximum absolute atomic E-state index is 13.2. The third-order valence-electron chi connectivity index (χ3n) is 5.07. The largest absolute Gasteiger partial charge is 0.482 e. The number of benzene rings is 1. The number of pyridine rings is 2. The van der Waals surface area contributed by atoms with Crippen molar-refractivity contribution in [3.05, 3.63) is 60.4 Å². The first-order valence-electron chi connectivity index (χ1n) is 10.2. The number of carbonyl (C=O) groups is 1. The molecule has 7 nitrogen and oxygen atoms in total. The Kier molecular flexibility index (Phi) is 5.27. The van der Waals surface area contributed by atoms with Gasteiger partial charge in [-0.1, -0.05) is 12.1 Å². The van der Waals surface area contributed by atoms with Crippen LogP contribution in [0.15, 0.2) is 54.7 Å². The molecule has 0 aliphatic carbocycles. The fourth-order valence-electron chi connectivity index (χ4n) is 3.58. The Hall–Kier alpha value is -3.61. The van der Waals surface area contributed by atoms with Crippen LogP contribution in [0.2, 0.25) is 0 Å². The van der Waals surface area contributed by atoms with Gasteiger partial charge in [-0.3, -0.25) is 9.88 Å². The second kappa shape index (κ2) is 7.91. The van der Waals surface area contributed by atoms with Gasteiger partial charge in [0.05, 0.1) is 12.2 Å². The lowest BCUT2D eigenvalue weighted by atomic mass is 10.1. The molecule has 0 saturated heterocycles. The summed E-state index contributed by atoms with van der Waals surface area (Å²) in [6.07, 6.45) is 1.68. The van der Waals surface area contributed by atoms with Crippen LogP contribution >= 0.6 is 0 Å². The lowest BCUT2D eigenvalue weighted by Crippen LogP contribution is -2.51. The van der Waals surface area contributed by atoms with Crippen LogP contribution in [0.5, 0.6) is 5.75 Å². The molecule has 7 heteroatoms. The van der Waals surface area contributed by atoms with E-state index in [1.807, 2.05) is 76.2 Å². The van der Waals surface area contributed by atoms with Crippen LogP contribution in [0.4, 0.5) is 22.0 Å². The zero-order valence-corrected chi connectivity index (χ0v) is 18.5. The van der Waals surface area contributed by atoms with E-state index in [9.17, 15) is 4.79 Å². The van der Waals surface area contributed by atoms with Gasteiger partial charge in [0.1, 0.15) is 5.60 Å². The summed E-state index contributed by atoms with van der Waals surface area (Å²) in [6.45, 7) is 6.19. The molecule has 1 aliphatic heterocycles. The second-order valence-corrected chi connectivity index (χ2v) is 8.53. The summed E-state index contributed by atoms with van der Waals surface area (Å²) in [7, 11) is 4.00. The molecule has 4 rings (SSSR count). The van der Waals surface area contributed by atoms with E-state index in [0.29, 0.717) is 23.8 Å². The number of aryl methyl sites for hydroxylation is 1. The number of nitrogens with zero attached hydrogens (tertiary/aromatic N) is 4. The minimum atomic E-state index is -0.535. The summed E-state index contributed by atoms with van der Waals surface area (Å²) < 4.78 is 6.12. The molecular formula is C24H27N5O2. The summed E-state index contributed by atoms with van der Waals surface area (Å²) in [6, 6.07) is 15.3. The van der Waals surface area contributed by atoms with Crippen LogP contribution in [0.25, 0.3) is 11.3 Å². The molecular weight excluding hydrogens is 390 g/mol. The maximum atomic E-state index is 13.2. The molecule has 0 atom stereocenters. The molecule has 3 aromatic rings. The Morgan fingerprint density at radius 2 is 1.97 bits per heavy atom. The summed E-state index contributed by atoms with van der Waals surface area (Å²) in [5.41, 5.74) is 3.83. The molecule has 0 unspecified atom stereocenters. The van der Waals surface area contributed by atoms with Crippen LogP contribution in [0.1, 0.15) is 19.5 Å². The summed E-state index contributed by atoms with van der Waals surface area (Å²) in [5, 5.41) is 2.96. The smallest absolute Gasteiger partial charge is 0.327 e. The molecule has 0 spiro atoms. The minimum Gasteiger partial charge on any atom is -0.482 e. The number of nitrogens with one attached hydrogen (secondary N) is 1. The molecule has 0 bridgehead atoms. The van der Waals surface area contributed by atoms with Gasteiger partial charge in [0.2, 0.25) is 0 Å². The molecule has 1 N–H and O–H groups in total. The molecule has 2 amide bonds. The zero-order chi connectivity index (χ0) is 22.2. The van der Waals surface area contributed by atoms with Gasteiger partial charge in [-0.15, -0.1) is 0 Å². The van der Waals surface area contributed by atoms with E-state index in [0.717, 1.165) is 22.6 Å². The predicted molar refractivity (Wildman–Crippen MR) is 124 cm³/mol. The average molecular weight is 418 g/mol. The normalized spacial score (nSPS) is 14.4. The highest BCUT2D eigenvalue weighted by Gasteiger charge is 2.36. The highest BCUT2D eigenvalue weighted by atomic mass is 16.5. The van der Waals surface area contributed by atoms with Crippen molar-refractivity contribution in [2.45, 2.75) is 26.4 Å². The number of fused-ring (bicyclic) bond motifs is 1. The zero-order valence-electron chi connectivity index (χ0n) is 18.5. The van der Waals surface area contributed by atoms with Gasteiger partial charge >= 0.3 is 6.03 Å². The molecule has 3 heterocycles. The van der Waals surface area contributed by atoms with Crippen LogP contribution in [0, 0.1) is 6.92 Å². The molecule has 31 heavy (non-hydrogen) atoms. The number of amides is 2. The predicted octanol–water partition coefficient (Wildman–Crippen LogP) is 4.73. The Morgan fingerprint density at radius 3 is 2.71 bits per heavy atom. The van der Waals surface area contributed by atoms with Gasteiger partial charge < -0.3 is 15.0 Å². The van der Waals surface area contributed by atoms with Crippen LogP contribution in [0.3, 0.4) is 0 Å². The van der Waals surface area contributed by atoms with Crippen molar-refractivity contribution >= 4 is 23.2 Å². The SMILES string of the molecule is Cc1cc(NC(=O)N2CC(C)(C)Oc3ccc(-c4cccc(N(C)C)c4)nc32)ccn1. The van der Waals surface area contributed by atoms with Crippen molar-refractivity contribution in [2.24, 2.45) is 0 Å². The van der Waals surface area contributed by atoms with Crippen LogP contribution < -0.4 is 19.9 Å². The third-order valence-corrected chi connectivity index (χ3v) is 5.07. The molecule has 2 aromatic heterocycles. The van der Waals surface area contributed by atoms with E-state index in [2.05, 4.69) is 16.4 Å².